The fourth-order valence-corrected chi connectivity index (χ4v) is 2.85. The van der Waals surface area contributed by atoms with Crippen molar-refractivity contribution in [3.8, 4) is 11.3 Å². The molecule has 0 aliphatic heterocycles. The van der Waals surface area contributed by atoms with Crippen molar-refractivity contribution in [1.29, 1.82) is 0 Å². The van der Waals surface area contributed by atoms with Crippen molar-refractivity contribution >= 4 is 11.5 Å². The smallest absolute Gasteiger partial charge is 0.269 e. The molecule has 28 heavy (non-hydrogen) atoms. The van der Waals surface area contributed by atoms with Gasteiger partial charge in [-0.05, 0) is 38.1 Å². The predicted octanol–water partition coefficient (Wildman–Crippen LogP) is 3.51. The first-order valence-corrected chi connectivity index (χ1v) is 9.18. The molecule has 2 aromatic rings. The molecule has 1 heterocycles. The van der Waals surface area contributed by atoms with E-state index < -0.39 is 4.92 Å². The number of carbonyl (C=O) groups excluding carboxylic acids is 1. The van der Waals surface area contributed by atoms with Crippen molar-refractivity contribution in [2.24, 2.45) is 0 Å². The highest BCUT2D eigenvalue weighted by molar-refractivity contribution is 5.95. The van der Waals surface area contributed by atoms with E-state index >= 15 is 0 Å². The maximum absolute atomic E-state index is 12.7. The highest BCUT2D eigenvalue weighted by atomic mass is 16.7. The third-order valence-corrected chi connectivity index (χ3v) is 4.16. The zero-order chi connectivity index (χ0) is 20.7. The van der Waals surface area contributed by atoms with Crippen LogP contribution < -0.4 is 0 Å². The molecule has 0 bridgehead atoms. The molecular formula is C20H27N2O6+. The average Bonchev–Trinajstić information content (AvgIpc) is 3.12. The van der Waals surface area contributed by atoms with Crippen molar-refractivity contribution in [3.05, 3.63) is 52.3 Å². The number of ether oxygens (including phenoxy) is 2. The Hall–Kier alpha value is -2.55. The second-order valence-electron chi connectivity index (χ2n) is 7.01. The Morgan fingerprint density at radius 1 is 1.11 bits per heavy atom. The Morgan fingerprint density at radius 3 is 2.25 bits per heavy atom. The third-order valence-electron chi connectivity index (χ3n) is 4.16. The van der Waals surface area contributed by atoms with Gasteiger partial charge in [-0.25, -0.2) is 0 Å². The standard InChI is InChI=1S/C20H27N2O6/c1-5-26-20(27-6-2)14-22(3,4)13-17(23)19-12-11-18(28-19)15-7-9-16(10-8-15)21(24)25/h7-12,20H,5-6,13-14H2,1-4H3/q+1. The number of furan rings is 1. The van der Waals surface area contributed by atoms with Crippen molar-refractivity contribution in [2.45, 2.75) is 20.1 Å². The van der Waals surface area contributed by atoms with E-state index in [1.807, 2.05) is 27.9 Å². The number of hydrogen-bond donors (Lipinski definition) is 0. The molecular weight excluding hydrogens is 364 g/mol. The van der Waals surface area contributed by atoms with Crippen molar-refractivity contribution < 1.29 is 28.1 Å². The van der Waals surface area contributed by atoms with Gasteiger partial charge in [0.25, 0.3) is 11.5 Å². The van der Waals surface area contributed by atoms with Crippen LogP contribution in [0.1, 0.15) is 24.4 Å². The zero-order valence-corrected chi connectivity index (χ0v) is 16.7. The van der Waals surface area contributed by atoms with Gasteiger partial charge in [0, 0.05) is 30.9 Å². The van der Waals surface area contributed by atoms with Crippen molar-refractivity contribution in [3.63, 3.8) is 0 Å². The maximum atomic E-state index is 12.7. The first kappa shape index (κ1) is 21.7. The molecule has 0 unspecified atom stereocenters. The van der Waals surface area contributed by atoms with Crippen LogP contribution in [0.4, 0.5) is 5.69 Å². The van der Waals surface area contributed by atoms with Gasteiger partial charge in [0.15, 0.2) is 5.76 Å². The molecule has 0 saturated carbocycles. The zero-order valence-electron chi connectivity index (χ0n) is 16.7. The third kappa shape index (κ3) is 5.98. The van der Waals surface area contributed by atoms with E-state index in [1.165, 1.54) is 12.1 Å². The van der Waals surface area contributed by atoms with Crippen LogP contribution in [0.5, 0.6) is 0 Å². The Kier molecular flexibility index (Phi) is 7.45. The average molecular weight is 391 g/mol. The molecule has 8 nitrogen and oxygen atoms in total. The molecule has 2 rings (SSSR count). The van der Waals surface area contributed by atoms with Crippen molar-refractivity contribution in [2.75, 3.05) is 40.4 Å². The molecule has 0 fully saturated rings. The maximum Gasteiger partial charge on any atom is 0.269 e. The van der Waals surface area contributed by atoms with Gasteiger partial charge in [0.2, 0.25) is 6.29 Å². The first-order chi connectivity index (χ1) is 13.3. The number of nitrogens with zero attached hydrogens (tertiary/aromatic N) is 2. The lowest BCUT2D eigenvalue weighted by atomic mass is 10.1. The highest BCUT2D eigenvalue weighted by Gasteiger charge is 2.28. The summed E-state index contributed by atoms with van der Waals surface area (Å²) < 4.78 is 17.2. The number of nitro groups is 1. The molecule has 0 amide bonds. The summed E-state index contributed by atoms with van der Waals surface area (Å²) in [5, 5.41) is 10.8. The summed E-state index contributed by atoms with van der Waals surface area (Å²) >= 11 is 0. The fourth-order valence-electron chi connectivity index (χ4n) is 2.85. The molecule has 1 aromatic carbocycles. The molecule has 0 radical (unpaired) electrons. The number of non-ortho nitro benzene ring substituents is 1. The number of likely N-dealkylation sites (N-methyl/N-ethyl adjacent to an activating group) is 1. The molecule has 0 aliphatic carbocycles. The van der Waals surface area contributed by atoms with Crippen LogP contribution in [0.25, 0.3) is 11.3 Å². The first-order valence-electron chi connectivity index (χ1n) is 9.18. The minimum atomic E-state index is -0.460. The molecule has 0 atom stereocenters. The van der Waals surface area contributed by atoms with Gasteiger partial charge in [0.05, 0.1) is 19.0 Å². The Morgan fingerprint density at radius 2 is 1.71 bits per heavy atom. The highest BCUT2D eigenvalue weighted by Crippen LogP contribution is 2.25. The van der Waals surface area contributed by atoms with Crippen LogP contribution in [0, 0.1) is 10.1 Å². The van der Waals surface area contributed by atoms with E-state index in [-0.39, 0.29) is 30.1 Å². The van der Waals surface area contributed by atoms with E-state index in [0.29, 0.717) is 35.6 Å². The largest absolute Gasteiger partial charge is 0.453 e. The monoisotopic (exact) mass is 391 g/mol. The molecule has 152 valence electrons. The summed E-state index contributed by atoms with van der Waals surface area (Å²) in [5.74, 6) is 0.610. The van der Waals surface area contributed by atoms with E-state index in [4.69, 9.17) is 13.9 Å². The lowest BCUT2D eigenvalue weighted by Gasteiger charge is -2.32. The Bertz CT molecular complexity index is 791. The van der Waals surface area contributed by atoms with Crippen LogP contribution in [-0.2, 0) is 9.47 Å². The van der Waals surface area contributed by atoms with Gasteiger partial charge in [-0.3, -0.25) is 14.9 Å². The second-order valence-corrected chi connectivity index (χ2v) is 7.01. The lowest BCUT2D eigenvalue weighted by molar-refractivity contribution is -0.888. The van der Waals surface area contributed by atoms with Crippen LogP contribution >= 0.6 is 0 Å². The SMILES string of the molecule is CCOC(C[N+](C)(C)CC(=O)c1ccc(-c2ccc([N+](=O)[O-])cc2)o1)OCC. The molecule has 8 heteroatoms. The fraction of sp³-hybridized carbons (Fsp3) is 0.450. The van der Waals surface area contributed by atoms with Crippen LogP contribution in [0.15, 0.2) is 40.8 Å². The normalized spacial score (nSPS) is 11.8. The molecule has 1 aromatic heterocycles. The van der Waals surface area contributed by atoms with Crippen LogP contribution in [0.3, 0.4) is 0 Å². The summed E-state index contributed by atoms with van der Waals surface area (Å²) in [6, 6.07) is 9.32. The minimum absolute atomic E-state index is 0.00352. The summed E-state index contributed by atoms with van der Waals surface area (Å²) in [6.45, 7) is 5.64. The lowest BCUT2D eigenvalue weighted by Crippen LogP contribution is -2.49. The number of rotatable bonds is 11. The van der Waals surface area contributed by atoms with Gasteiger partial charge in [0.1, 0.15) is 18.8 Å². The quantitative estimate of drug-likeness (QED) is 0.191. The summed E-state index contributed by atoms with van der Waals surface area (Å²) in [6.07, 6.45) is -0.370. The topological polar surface area (TPSA) is 91.8 Å². The summed E-state index contributed by atoms with van der Waals surface area (Å²) in [4.78, 5) is 23.0. The Balaban J connectivity index is 2.05. The van der Waals surface area contributed by atoms with Crippen LogP contribution in [-0.4, -0.2) is 61.9 Å². The van der Waals surface area contributed by atoms with E-state index in [9.17, 15) is 14.9 Å². The van der Waals surface area contributed by atoms with Gasteiger partial charge >= 0.3 is 0 Å². The number of carbonyl (C=O) groups is 1. The van der Waals surface area contributed by atoms with Gasteiger partial charge in [-0.15, -0.1) is 0 Å². The molecule has 0 spiro atoms. The molecule has 0 saturated heterocycles. The molecule has 0 aliphatic rings. The van der Waals surface area contributed by atoms with E-state index in [0.717, 1.165) is 0 Å². The van der Waals surface area contributed by atoms with E-state index in [1.54, 1.807) is 24.3 Å². The number of ketones is 1. The predicted molar refractivity (Wildman–Crippen MR) is 104 cm³/mol. The number of quaternary nitrogens is 1. The van der Waals surface area contributed by atoms with Gasteiger partial charge in [-0.1, -0.05) is 0 Å². The summed E-state index contributed by atoms with van der Waals surface area (Å²) in [7, 11) is 3.87. The van der Waals surface area contributed by atoms with Crippen LogP contribution in [0.2, 0.25) is 0 Å². The number of benzene rings is 1. The van der Waals surface area contributed by atoms with Gasteiger partial charge in [-0.2, -0.15) is 0 Å². The van der Waals surface area contributed by atoms with Gasteiger partial charge < -0.3 is 18.4 Å². The Labute approximate surface area is 164 Å². The number of nitro benzene ring substituents is 1. The minimum Gasteiger partial charge on any atom is -0.453 e. The number of hydrogen-bond acceptors (Lipinski definition) is 6. The summed E-state index contributed by atoms with van der Waals surface area (Å²) in [5.41, 5.74) is 0.676. The second kappa shape index (κ2) is 9.59. The number of Topliss-reactive ketones (excluding diaryl/α,β-unsaturated/α-hetero) is 1. The van der Waals surface area contributed by atoms with E-state index in [2.05, 4.69) is 0 Å². The van der Waals surface area contributed by atoms with Crippen molar-refractivity contribution in [1.82, 2.24) is 0 Å². The molecule has 0 N–H and O–H groups in total.